The van der Waals surface area contributed by atoms with Crippen LogP contribution in [0.25, 0.3) is 11.3 Å². The summed E-state index contributed by atoms with van der Waals surface area (Å²) in [6.07, 6.45) is 2.66. The Bertz CT molecular complexity index is 964. The Morgan fingerprint density at radius 1 is 1.36 bits per heavy atom. The molecule has 3 aromatic rings. The lowest BCUT2D eigenvalue weighted by Gasteiger charge is -2.08. The van der Waals surface area contributed by atoms with Crippen LogP contribution in [0.5, 0.6) is 0 Å². The van der Waals surface area contributed by atoms with Gasteiger partial charge in [0.2, 0.25) is 0 Å². The molecule has 0 bridgehead atoms. The van der Waals surface area contributed by atoms with Gasteiger partial charge in [-0.05, 0) is 30.3 Å². The molecule has 25 heavy (non-hydrogen) atoms. The van der Waals surface area contributed by atoms with E-state index in [4.69, 9.17) is 10.2 Å². The number of nitrogen functional groups attached to an aromatic ring is 1. The highest BCUT2D eigenvalue weighted by Gasteiger charge is 2.15. The van der Waals surface area contributed by atoms with Gasteiger partial charge in [0, 0.05) is 11.1 Å². The number of nitrogens with zero attached hydrogens (tertiary/aromatic N) is 3. The zero-order valence-electron chi connectivity index (χ0n) is 12.9. The van der Waals surface area contributed by atoms with Crippen molar-refractivity contribution in [3.63, 3.8) is 0 Å². The Hall–Kier alpha value is -3.73. The van der Waals surface area contributed by atoms with Crippen molar-refractivity contribution in [1.29, 1.82) is 5.26 Å². The van der Waals surface area contributed by atoms with E-state index in [-0.39, 0.29) is 34.7 Å². The second-order valence-electron chi connectivity index (χ2n) is 5.08. The summed E-state index contributed by atoms with van der Waals surface area (Å²) in [5.41, 5.74) is 6.18. The Balaban J connectivity index is 1.92. The molecule has 1 aromatic carbocycles. The SMILES string of the molecule is N#Cc1c(N)ncnc1-c1cc(F)cc(C(=O)NCc2ccco2)c1. The summed E-state index contributed by atoms with van der Waals surface area (Å²) in [5, 5.41) is 11.8. The minimum atomic E-state index is -0.637. The molecule has 2 aromatic heterocycles. The maximum atomic E-state index is 14.0. The van der Waals surface area contributed by atoms with Gasteiger partial charge in [0.15, 0.2) is 0 Å². The zero-order chi connectivity index (χ0) is 17.8. The fourth-order valence-electron chi connectivity index (χ4n) is 2.27. The molecule has 0 spiro atoms. The average molecular weight is 337 g/mol. The number of anilines is 1. The van der Waals surface area contributed by atoms with Gasteiger partial charge in [-0.3, -0.25) is 4.79 Å². The second kappa shape index (κ2) is 6.80. The number of benzene rings is 1. The zero-order valence-corrected chi connectivity index (χ0v) is 12.9. The Morgan fingerprint density at radius 2 is 2.20 bits per heavy atom. The number of carbonyl (C=O) groups is 1. The molecule has 0 radical (unpaired) electrons. The largest absolute Gasteiger partial charge is 0.467 e. The lowest BCUT2D eigenvalue weighted by atomic mass is 10.0. The van der Waals surface area contributed by atoms with Crippen LogP contribution in [0.2, 0.25) is 0 Å². The fourth-order valence-corrected chi connectivity index (χ4v) is 2.27. The number of hydrogen-bond donors (Lipinski definition) is 2. The van der Waals surface area contributed by atoms with Gasteiger partial charge >= 0.3 is 0 Å². The van der Waals surface area contributed by atoms with E-state index in [0.29, 0.717) is 5.76 Å². The Morgan fingerprint density at radius 3 is 2.92 bits per heavy atom. The fraction of sp³-hybridized carbons (Fsp3) is 0.0588. The van der Waals surface area contributed by atoms with Gasteiger partial charge in [-0.1, -0.05) is 0 Å². The molecule has 0 saturated carbocycles. The number of nitrogens with one attached hydrogen (secondary N) is 1. The van der Waals surface area contributed by atoms with E-state index < -0.39 is 11.7 Å². The normalized spacial score (nSPS) is 10.2. The molecule has 1 amide bonds. The number of amides is 1. The number of furan rings is 1. The van der Waals surface area contributed by atoms with Crippen molar-refractivity contribution in [3.05, 3.63) is 65.6 Å². The van der Waals surface area contributed by atoms with Crippen molar-refractivity contribution in [2.75, 3.05) is 5.73 Å². The Labute approximate surface area is 141 Å². The van der Waals surface area contributed by atoms with Gasteiger partial charge in [0.25, 0.3) is 5.91 Å². The number of carbonyl (C=O) groups excluding carboxylic acids is 1. The number of nitriles is 1. The monoisotopic (exact) mass is 337 g/mol. The first kappa shape index (κ1) is 16.1. The van der Waals surface area contributed by atoms with E-state index in [9.17, 15) is 14.4 Å². The maximum absolute atomic E-state index is 14.0. The van der Waals surface area contributed by atoms with E-state index in [1.165, 1.54) is 24.7 Å². The number of halogens is 1. The van der Waals surface area contributed by atoms with Gasteiger partial charge in [0.1, 0.15) is 35.4 Å². The highest BCUT2D eigenvalue weighted by molar-refractivity contribution is 5.95. The van der Waals surface area contributed by atoms with Crippen molar-refractivity contribution in [1.82, 2.24) is 15.3 Å². The highest BCUT2D eigenvalue weighted by Crippen LogP contribution is 2.25. The molecule has 0 aliphatic heterocycles. The highest BCUT2D eigenvalue weighted by atomic mass is 19.1. The van der Waals surface area contributed by atoms with Crippen LogP contribution in [-0.4, -0.2) is 15.9 Å². The second-order valence-corrected chi connectivity index (χ2v) is 5.08. The Kier molecular flexibility index (Phi) is 4.39. The molecule has 124 valence electrons. The third-order valence-electron chi connectivity index (χ3n) is 3.43. The van der Waals surface area contributed by atoms with Crippen LogP contribution >= 0.6 is 0 Å². The molecule has 0 fully saturated rings. The smallest absolute Gasteiger partial charge is 0.251 e. The molecule has 3 rings (SSSR count). The molecular formula is C17H12FN5O2. The van der Waals surface area contributed by atoms with E-state index in [2.05, 4.69) is 15.3 Å². The third kappa shape index (κ3) is 3.45. The first-order chi connectivity index (χ1) is 12.1. The predicted octanol–water partition coefficient (Wildman–Crippen LogP) is 2.26. The average Bonchev–Trinajstić information content (AvgIpc) is 3.12. The maximum Gasteiger partial charge on any atom is 0.251 e. The van der Waals surface area contributed by atoms with Gasteiger partial charge in [0.05, 0.1) is 18.5 Å². The van der Waals surface area contributed by atoms with Crippen LogP contribution < -0.4 is 11.1 Å². The minimum Gasteiger partial charge on any atom is -0.467 e. The summed E-state index contributed by atoms with van der Waals surface area (Å²) >= 11 is 0. The summed E-state index contributed by atoms with van der Waals surface area (Å²) in [6.45, 7) is 0.168. The summed E-state index contributed by atoms with van der Waals surface area (Å²) in [5.74, 6) is -0.569. The first-order valence-electron chi connectivity index (χ1n) is 7.20. The summed E-state index contributed by atoms with van der Waals surface area (Å²) < 4.78 is 19.1. The van der Waals surface area contributed by atoms with Gasteiger partial charge < -0.3 is 15.5 Å². The lowest BCUT2D eigenvalue weighted by Crippen LogP contribution is -2.22. The van der Waals surface area contributed by atoms with Crippen LogP contribution in [0, 0.1) is 17.1 Å². The number of rotatable bonds is 4. The van der Waals surface area contributed by atoms with E-state index >= 15 is 0 Å². The summed E-state index contributed by atoms with van der Waals surface area (Å²) in [6, 6.07) is 9.00. The molecule has 3 N–H and O–H groups in total. The van der Waals surface area contributed by atoms with Crippen molar-refractivity contribution < 1.29 is 13.6 Å². The van der Waals surface area contributed by atoms with Gasteiger partial charge in [-0.25, -0.2) is 14.4 Å². The molecule has 0 atom stereocenters. The lowest BCUT2D eigenvalue weighted by molar-refractivity contribution is 0.0947. The third-order valence-corrected chi connectivity index (χ3v) is 3.43. The standard InChI is InChI=1S/C17H12FN5O2/c18-12-5-10(15-14(7-19)16(20)23-9-22-15)4-11(6-12)17(24)21-8-13-2-1-3-25-13/h1-6,9H,8H2,(H,21,24)(H2,20,22,23). The topological polar surface area (TPSA) is 118 Å². The van der Waals surface area contributed by atoms with E-state index in [1.807, 2.05) is 6.07 Å². The number of aromatic nitrogens is 2. The molecule has 7 nitrogen and oxygen atoms in total. The predicted molar refractivity (Wildman–Crippen MR) is 86.4 cm³/mol. The quantitative estimate of drug-likeness (QED) is 0.754. The van der Waals surface area contributed by atoms with Crippen LogP contribution in [0.3, 0.4) is 0 Å². The van der Waals surface area contributed by atoms with Crippen LogP contribution in [-0.2, 0) is 6.54 Å². The van der Waals surface area contributed by atoms with E-state index in [1.54, 1.807) is 12.1 Å². The summed E-state index contributed by atoms with van der Waals surface area (Å²) in [4.78, 5) is 20.0. The van der Waals surface area contributed by atoms with Crippen molar-refractivity contribution >= 4 is 11.7 Å². The summed E-state index contributed by atoms with van der Waals surface area (Å²) in [7, 11) is 0. The van der Waals surface area contributed by atoms with Crippen LogP contribution in [0.1, 0.15) is 21.7 Å². The van der Waals surface area contributed by atoms with Gasteiger partial charge in [-0.2, -0.15) is 5.26 Å². The van der Waals surface area contributed by atoms with Crippen LogP contribution in [0.15, 0.2) is 47.3 Å². The van der Waals surface area contributed by atoms with E-state index in [0.717, 1.165) is 6.07 Å². The molecular weight excluding hydrogens is 325 g/mol. The molecule has 0 saturated heterocycles. The molecule has 2 heterocycles. The van der Waals surface area contributed by atoms with Crippen molar-refractivity contribution in [2.24, 2.45) is 0 Å². The number of hydrogen-bond acceptors (Lipinski definition) is 6. The molecule has 0 unspecified atom stereocenters. The minimum absolute atomic E-state index is 0.0133. The molecule has 0 aliphatic rings. The molecule has 0 aliphatic carbocycles. The number of nitrogens with two attached hydrogens (primary N) is 1. The first-order valence-corrected chi connectivity index (χ1v) is 7.20. The van der Waals surface area contributed by atoms with Crippen LogP contribution in [0.4, 0.5) is 10.2 Å². The van der Waals surface area contributed by atoms with Gasteiger partial charge in [-0.15, -0.1) is 0 Å². The molecule has 8 heteroatoms. The van der Waals surface area contributed by atoms with Crippen molar-refractivity contribution in [2.45, 2.75) is 6.54 Å². The van der Waals surface area contributed by atoms with Crippen molar-refractivity contribution in [3.8, 4) is 17.3 Å².